The quantitative estimate of drug-likeness (QED) is 0.687. The second kappa shape index (κ2) is 8.43. The highest BCUT2D eigenvalue weighted by Gasteiger charge is 2.10. The molecule has 0 fully saturated rings. The van der Waals surface area contributed by atoms with Crippen LogP contribution in [-0.4, -0.2) is 11.8 Å². The first kappa shape index (κ1) is 19.2. The fourth-order valence-electron chi connectivity index (χ4n) is 2.54. The molecular formula is C22H18F2N2O2. The fraction of sp³-hybridized carbons (Fsp3) is 0.0909. The average molecular weight is 380 g/mol. The first-order valence-electron chi connectivity index (χ1n) is 8.62. The average Bonchev–Trinajstić information content (AvgIpc) is 2.70. The summed E-state index contributed by atoms with van der Waals surface area (Å²) in [6.07, 6.45) is 0. The normalized spacial score (nSPS) is 10.4. The molecule has 0 aliphatic heterocycles. The zero-order valence-corrected chi connectivity index (χ0v) is 15.1. The van der Waals surface area contributed by atoms with Crippen LogP contribution in [0.3, 0.4) is 0 Å². The number of nitrogens with one attached hydrogen (secondary N) is 2. The highest BCUT2D eigenvalue weighted by molar-refractivity contribution is 6.05. The predicted octanol–water partition coefficient (Wildman–Crippen LogP) is 4.46. The summed E-state index contributed by atoms with van der Waals surface area (Å²) in [7, 11) is 0. The molecule has 142 valence electrons. The highest BCUT2D eigenvalue weighted by atomic mass is 19.2. The molecule has 2 N–H and O–H groups in total. The molecule has 0 saturated carbocycles. The Morgan fingerprint density at radius 1 is 0.786 bits per heavy atom. The topological polar surface area (TPSA) is 58.2 Å². The van der Waals surface area contributed by atoms with Gasteiger partial charge in [0.15, 0.2) is 11.6 Å². The maximum absolute atomic E-state index is 13.2. The number of hydrogen-bond donors (Lipinski definition) is 2. The van der Waals surface area contributed by atoms with Crippen LogP contribution in [0.15, 0.2) is 66.7 Å². The van der Waals surface area contributed by atoms with E-state index < -0.39 is 17.5 Å². The van der Waals surface area contributed by atoms with E-state index in [1.807, 2.05) is 31.2 Å². The van der Waals surface area contributed by atoms with E-state index in [9.17, 15) is 18.4 Å². The van der Waals surface area contributed by atoms with Gasteiger partial charge in [0.1, 0.15) is 0 Å². The summed E-state index contributed by atoms with van der Waals surface area (Å²) in [6.45, 7) is 2.39. The molecule has 0 saturated heterocycles. The van der Waals surface area contributed by atoms with Gasteiger partial charge in [-0.25, -0.2) is 8.78 Å². The molecule has 0 aliphatic carbocycles. The molecular weight excluding hydrogens is 362 g/mol. The third-order valence-electron chi connectivity index (χ3n) is 4.16. The Kier molecular flexibility index (Phi) is 5.79. The summed E-state index contributed by atoms with van der Waals surface area (Å²) in [6, 6.07) is 17.0. The summed E-state index contributed by atoms with van der Waals surface area (Å²) in [4.78, 5) is 24.4. The van der Waals surface area contributed by atoms with Crippen molar-refractivity contribution in [2.24, 2.45) is 0 Å². The number of carbonyl (C=O) groups is 2. The van der Waals surface area contributed by atoms with E-state index in [4.69, 9.17) is 0 Å². The van der Waals surface area contributed by atoms with Gasteiger partial charge in [0.2, 0.25) is 0 Å². The molecule has 0 unspecified atom stereocenters. The van der Waals surface area contributed by atoms with Crippen molar-refractivity contribution in [3.05, 3.63) is 101 Å². The van der Waals surface area contributed by atoms with E-state index in [1.165, 1.54) is 30.3 Å². The van der Waals surface area contributed by atoms with Crippen LogP contribution in [0.5, 0.6) is 0 Å². The second-order valence-electron chi connectivity index (χ2n) is 6.33. The molecule has 0 bridgehead atoms. The SMILES string of the molecule is Cc1ccc(CNC(=O)c2ccc(C(=O)Nc3ccc(F)c(F)c3)cc2)cc1. The van der Waals surface area contributed by atoms with Crippen LogP contribution in [0.2, 0.25) is 0 Å². The van der Waals surface area contributed by atoms with Gasteiger partial charge < -0.3 is 10.6 Å². The number of carbonyl (C=O) groups excluding carboxylic acids is 2. The van der Waals surface area contributed by atoms with Gasteiger partial charge >= 0.3 is 0 Å². The number of benzene rings is 3. The highest BCUT2D eigenvalue weighted by Crippen LogP contribution is 2.15. The molecule has 2 amide bonds. The summed E-state index contributed by atoms with van der Waals surface area (Å²) in [5.41, 5.74) is 2.98. The third-order valence-corrected chi connectivity index (χ3v) is 4.16. The van der Waals surface area contributed by atoms with Crippen LogP contribution in [0, 0.1) is 18.6 Å². The van der Waals surface area contributed by atoms with Crippen molar-refractivity contribution in [2.75, 3.05) is 5.32 Å². The minimum absolute atomic E-state index is 0.142. The number of halogens is 2. The number of amides is 2. The Bertz CT molecular complexity index is 1000. The number of aryl methyl sites for hydroxylation is 1. The number of rotatable bonds is 5. The van der Waals surface area contributed by atoms with Crippen LogP contribution >= 0.6 is 0 Å². The minimum Gasteiger partial charge on any atom is -0.348 e. The lowest BCUT2D eigenvalue weighted by atomic mass is 10.1. The van der Waals surface area contributed by atoms with E-state index in [0.717, 1.165) is 23.3 Å². The predicted molar refractivity (Wildman–Crippen MR) is 103 cm³/mol. The summed E-state index contributed by atoms with van der Waals surface area (Å²) in [5.74, 6) is -2.77. The van der Waals surface area contributed by atoms with Gasteiger partial charge in [-0.05, 0) is 48.9 Å². The van der Waals surface area contributed by atoms with Gasteiger partial charge in [-0.3, -0.25) is 9.59 Å². The van der Waals surface area contributed by atoms with Crippen LogP contribution in [0.4, 0.5) is 14.5 Å². The molecule has 4 nitrogen and oxygen atoms in total. The van der Waals surface area contributed by atoms with Gasteiger partial charge in [0, 0.05) is 29.4 Å². The Balaban J connectivity index is 1.60. The minimum atomic E-state index is -1.04. The fourth-order valence-corrected chi connectivity index (χ4v) is 2.54. The summed E-state index contributed by atoms with van der Waals surface area (Å²) < 4.78 is 26.2. The molecule has 3 aromatic carbocycles. The Labute approximate surface area is 161 Å². The van der Waals surface area contributed by atoms with Gasteiger partial charge in [-0.2, -0.15) is 0 Å². The molecule has 3 aromatic rings. The number of hydrogen-bond acceptors (Lipinski definition) is 2. The van der Waals surface area contributed by atoms with E-state index in [-0.39, 0.29) is 11.6 Å². The van der Waals surface area contributed by atoms with Crippen LogP contribution in [0.25, 0.3) is 0 Å². The maximum Gasteiger partial charge on any atom is 0.255 e. The van der Waals surface area contributed by atoms with Crippen molar-refractivity contribution >= 4 is 17.5 Å². The molecule has 0 spiro atoms. The van der Waals surface area contributed by atoms with Crippen molar-refractivity contribution < 1.29 is 18.4 Å². The van der Waals surface area contributed by atoms with E-state index in [1.54, 1.807) is 0 Å². The van der Waals surface area contributed by atoms with Crippen molar-refractivity contribution in [1.29, 1.82) is 0 Å². The Morgan fingerprint density at radius 3 is 2.00 bits per heavy atom. The third kappa shape index (κ3) is 4.79. The van der Waals surface area contributed by atoms with E-state index in [2.05, 4.69) is 10.6 Å². The zero-order valence-electron chi connectivity index (χ0n) is 15.1. The van der Waals surface area contributed by atoms with Crippen LogP contribution in [0.1, 0.15) is 31.8 Å². The van der Waals surface area contributed by atoms with Gasteiger partial charge in [0.25, 0.3) is 11.8 Å². The van der Waals surface area contributed by atoms with Gasteiger partial charge in [0.05, 0.1) is 0 Å². The molecule has 0 atom stereocenters. The Hall–Kier alpha value is -3.54. The first-order valence-corrected chi connectivity index (χ1v) is 8.62. The smallest absolute Gasteiger partial charge is 0.255 e. The van der Waals surface area contributed by atoms with Crippen molar-refractivity contribution in [1.82, 2.24) is 5.32 Å². The number of anilines is 1. The van der Waals surface area contributed by atoms with Crippen LogP contribution < -0.4 is 10.6 Å². The Morgan fingerprint density at radius 2 is 1.39 bits per heavy atom. The van der Waals surface area contributed by atoms with Crippen LogP contribution in [-0.2, 0) is 6.54 Å². The zero-order chi connectivity index (χ0) is 20.1. The summed E-state index contributed by atoms with van der Waals surface area (Å²) in [5, 5.41) is 5.30. The first-order chi connectivity index (χ1) is 13.4. The van der Waals surface area contributed by atoms with Crippen molar-refractivity contribution in [3.8, 4) is 0 Å². The largest absolute Gasteiger partial charge is 0.348 e. The standard InChI is InChI=1S/C22H18F2N2O2/c1-14-2-4-15(5-3-14)13-25-21(27)16-6-8-17(9-7-16)22(28)26-18-10-11-19(23)20(24)12-18/h2-12H,13H2,1H3,(H,25,27)(H,26,28). The maximum atomic E-state index is 13.2. The monoisotopic (exact) mass is 380 g/mol. The molecule has 0 aromatic heterocycles. The molecule has 0 aliphatic rings. The summed E-state index contributed by atoms with van der Waals surface area (Å²) >= 11 is 0. The molecule has 0 radical (unpaired) electrons. The lowest BCUT2D eigenvalue weighted by Gasteiger charge is -2.08. The lowest BCUT2D eigenvalue weighted by molar-refractivity contribution is 0.0949. The molecule has 0 heterocycles. The van der Waals surface area contributed by atoms with E-state index >= 15 is 0 Å². The molecule has 3 rings (SSSR count). The lowest BCUT2D eigenvalue weighted by Crippen LogP contribution is -2.23. The molecule has 6 heteroatoms. The van der Waals surface area contributed by atoms with E-state index in [0.29, 0.717) is 17.7 Å². The van der Waals surface area contributed by atoms with Gasteiger partial charge in [-0.15, -0.1) is 0 Å². The molecule has 28 heavy (non-hydrogen) atoms. The van der Waals surface area contributed by atoms with Crippen molar-refractivity contribution in [2.45, 2.75) is 13.5 Å². The van der Waals surface area contributed by atoms with Crippen molar-refractivity contribution in [3.63, 3.8) is 0 Å². The second-order valence-corrected chi connectivity index (χ2v) is 6.33. The van der Waals surface area contributed by atoms with Gasteiger partial charge in [-0.1, -0.05) is 29.8 Å².